The van der Waals surface area contributed by atoms with Crippen molar-refractivity contribution in [2.45, 2.75) is 52.3 Å². The van der Waals surface area contributed by atoms with E-state index in [4.69, 9.17) is 37.2 Å². The topological polar surface area (TPSA) is 120 Å². The largest absolute Gasteiger partial charge is 0.622 e. The van der Waals surface area contributed by atoms with Crippen LogP contribution in [0.3, 0.4) is 0 Å². The summed E-state index contributed by atoms with van der Waals surface area (Å²) in [5.74, 6) is -3.37. The van der Waals surface area contributed by atoms with Crippen molar-refractivity contribution in [3.05, 3.63) is 33.8 Å². The second-order valence-electron chi connectivity index (χ2n) is 7.77. The summed E-state index contributed by atoms with van der Waals surface area (Å²) in [6, 6.07) is 4.39. The average Bonchev–Trinajstić information content (AvgIpc) is 2.71. The smallest absolute Gasteiger partial charge is 0.496 e. The zero-order valence-electron chi connectivity index (χ0n) is 18.1. The Morgan fingerprint density at radius 3 is 2.25 bits per heavy atom. The molecule has 1 aliphatic rings. The molecular weight excluding hydrogens is 462 g/mol. The van der Waals surface area contributed by atoms with Gasteiger partial charge < -0.3 is 24.7 Å². The third-order valence-corrected chi connectivity index (χ3v) is 5.08. The number of benzene rings is 1. The first-order valence-electron chi connectivity index (χ1n) is 10.1. The van der Waals surface area contributed by atoms with Gasteiger partial charge in [-0.05, 0) is 44.4 Å². The van der Waals surface area contributed by atoms with Gasteiger partial charge in [-0.15, -0.1) is 0 Å². The van der Waals surface area contributed by atoms with Gasteiger partial charge in [-0.2, -0.15) is 0 Å². The Bertz CT molecular complexity index is 862. The molecule has 1 fully saturated rings. The SMILES string of the molecule is CC(C)C[C@H](NC(=O)CNC(=O)c1cc(Cl)ccc1Cl)B1OC(=O)[C@@H](C)O[C@H](C)C(=O)O1. The quantitative estimate of drug-likeness (QED) is 0.566. The van der Waals surface area contributed by atoms with Crippen LogP contribution in [-0.2, 0) is 28.4 Å². The van der Waals surface area contributed by atoms with Crippen LogP contribution in [0.5, 0.6) is 0 Å². The van der Waals surface area contributed by atoms with Crippen LogP contribution in [0.1, 0.15) is 44.5 Å². The van der Waals surface area contributed by atoms with Crippen molar-refractivity contribution in [1.82, 2.24) is 10.6 Å². The fourth-order valence-electron chi connectivity index (χ4n) is 2.96. The first-order valence-corrected chi connectivity index (χ1v) is 10.8. The van der Waals surface area contributed by atoms with Crippen LogP contribution >= 0.6 is 23.2 Å². The van der Waals surface area contributed by atoms with Gasteiger partial charge in [0.1, 0.15) is 0 Å². The van der Waals surface area contributed by atoms with Gasteiger partial charge in [-0.25, -0.2) is 0 Å². The maximum absolute atomic E-state index is 12.5. The van der Waals surface area contributed by atoms with E-state index in [1.165, 1.54) is 32.0 Å². The van der Waals surface area contributed by atoms with Gasteiger partial charge >= 0.3 is 19.1 Å². The highest BCUT2D eigenvalue weighted by atomic mass is 35.5. The van der Waals surface area contributed by atoms with Crippen molar-refractivity contribution in [2.24, 2.45) is 5.92 Å². The van der Waals surface area contributed by atoms with E-state index >= 15 is 0 Å². The Kier molecular flexibility index (Phi) is 9.36. The fourth-order valence-corrected chi connectivity index (χ4v) is 3.33. The van der Waals surface area contributed by atoms with Crippen molar-refractivity contribution in [1.29, 1.82) is 0 Å². The van der Waals surface area contributed by atoms with E-state index in [2.05, 4.69) is 10.6 Å². The number of hydrogen-bond donors (Lipinski definition) is 2. The Balaban J connectivity index is 2.07. The van der Waals surface area contributed by atoms with Gasteiger partial charge in [0.05, 0.1) is 23.1 Å². The number of halogens is 2. The van der Waals surface area contributed by atoms with Crippen LogP contribution in [0.4, 0.5) is 0 Å². The van der Waals surface area contributed by atoms with Crippen molar-refractivity contribution in [3.63, 3.8) is 0 Å². The van der Waals surface area contributed by atoms with Crippen molar-refractivity contribution in [2.75, 3.05) is 6.54 Å². The standard InChI is InChI=1S/C20H25BCl2N2O7/c1-10(2)7-16(21-31-19(28)11(3)30-12(4)20(29)32-21)25-17(26)9-24-18(27)14-8-13(22)5-6-15(14)23/h5-6,8,10-12,16H,7,9H2,1-4H3,(H,24,27)(H,25,26)/t11-,12-,16+/m1/s1. The predicted molar refractivity (Wildman–Crippen MR) is 118 cm³/mol. The van der Waals surface area contributed by atoms with Gasteiger partial charge in [-0.1, -0.05) is 37.0 Å². The van der Waals surface area contributed by atoms with Gasteiger partial charge in [0.2, 0.25) is 5.91 Å². The Morgan fingerprint density at radius 1 is 1.09 bits per heavy atom. The van der Waals surface area contributed by atoms with E-state index in [0.29, 0.717) is 11.4 Å². The summed E-state index contributed by atoms with van der Waals surface area (Å²) in [5.41, 5.74) is 0.122. The number of carbonyl (C=O) groups is 4. The second-order valence-corrected chi connectivity index (χ2v) is 8.62. The monoisotopic (exact) mass is 486 g/mol. The van der Waals surface area contributed by atoms with Gasteiger partial charge in [-0.3, -0.25) is 19.2 Å². The summed E-state index contributed by atoms with van der Waals surface area (Å²) >= 11 is 11.9. The number of amides is 2. The average molecular weight is 487 g/mol. The Hall–Kier alpha value is -2.30. The van der Waals surface area contributed by atoms with Gasteiger partial charge in [0.25, 0.3) is 5.91 Å². The Labute approximate surface area is 196 Å². The summed E-state index contributed by atoms with van der Waals surface area (Å²) < 4.78 is 15.8. The fraction of sp³-hybridized carbons (Fsp3) is 0.500. The maximum atomic E-state index is 12.5. The summed E-state index contributed by atoms with van der Waals surface area (Å²) in [6.45, 7) is 6.31. The van der Waals surface area contributed by atoms with Crippen LogP contribution in [0, 0.1) is 5.92 Å². The molecule has 32 heavy (non-hydrogen) atoms. The summed E-state index contributed by atoms with van der Waals surface area (Å²) in [4.78, 5) is 49.3. The van der Waals surface area contributed by atoms with E-state index in [9.17, 15) is 19.2 Å². The minimum absolute atomic E-state index is 0.0640. The number of ether oxygens (including phenoxy) is 1. The van der Waals surface area contributed by atoms with Crippen LogP contribution in [-0.4, -0.2) is 55.6 Å². The van der Waals surface area contributed by atoms with Crippen molar-refractivity contribution >= 4 is 54.1 Å². The minimum Gasteiger partial charge on any atom is -0.496 e. The highest BCUT2D eigenvalue weighted by molar-refractivity contribution is 6.51. The molecule has 9 nitrogen and oxygen atoms in total. The maximum Gasteiger partial charge on any atom is 0.622 e. The number of rotatable bonds is 7. The Morgan fingerprint density at radius 2 is 1.69 bits per heavy atom. The number of hydrogen-bond acceptors (Lipinski definition) is 7. The zero-order valence-corrected chi connectivity index (χ0v) is 19.7. The second kappa shape index (κ2) is 11.5. The van der Waals surface area contributed by atoms with Crippen molar-refractivity contribution < 1.29 is 33.2 Å². The molecule has 174 valence electrons. The highest BCUT2D eigenvalue weighted by Gasteiger charge is 2.43. The highest BCUT2D eigenvalue weighted by Crippen LogP contribution is 2.20. The molecule has 1 heterocycles. The van der Waals surface area contributed by atoms with E-state index in [-0.39, 0.29) is 23.0 Å². The molecule has 1 saturated heterocycles. The van der Waals surface area contributed by atoms with Crippen LogP contribution in [0.2, 0.25) is 10.0 Å². The number of nitrogens with one attached hydrogen (secondary N) is 2. The summed E-state index contributed by atoms with van der Waals surface area (Å²) in [7, 11) is -1.34. The third kappa shape index (κ3) is 7.39. The van der Waals surface area contributed by atoms with E-state index in [1.807, 2.05) is 13.8 Å². The van der Waals surface area contributed by atoms with E-state index in [0.717, 1.165) is 0 Å². The first-order chi connectivity index (χ1) is 15.0. The zero-order chi connectivity index (χ0) is 24.0. The van der Waals surface area contributed by atoms with Crippen LogP contribution < -0.4 is 10.6 Å². The molecule has 2 amide bonds. The van der Waals surface area contributed by atoms with Crippen LogP contribution in [0.25, 0.3) is 0 Å². The third-order valence-electron chi connectivity index (χ3n) is 4.52. The normalized spacial score (nSPS) is 20.0. The molecule has 0 saturated carbocycles. The summed E-state index contributed by atoms with van der Waals surface area (Å²) in [5, 5.41) is 5.62. The molecule has 1 aliphatic heterocycles. The molecule has 0 radical (unpaired) electrons. The molecular formula is C20H25BCl2N2O7. The lowest BCUT2D eigenvalue weighted by Crippen LogP contribution is -2.56. The molecule has 0 aliphatic carbocycles. The molecule has 0 unspecified atom stereocenters. The van der Waals surface area contributed by atoms with Gasteiger partial charge in [0, 0.05) is 5.02 Å². The molecule has 1 aromatic rings. The molecule has 2 N–H and O–H groups in total. The van der Waals surface area contributed by atoms with E-state index < -0.39 is 49.0 Å². The minimum atomic E-state index is -1.34. The molecule has 3 atom stereocenters. The lowest BCUT2D eigenvalue weighted by molar-refractivity contribution is -0.167. The molecule has 12 heteroatoms. The summed E-state index contributed by atoms with van der Waals surface area (Å²) in [6.07, 6.45) is -1.61. The lowest BCUT2D eigenvalue weighted by Gasteiger charge is -2.29. The van der Waals surface area contributed by atoms with Crippen molar-refractivity contribution in [3.8, 4) is 0 Å². The molecule has 2 rings (SSSR count). The van der Waals surface area contributed by atoms with Gasteiger partial charge in [0.15, 0.2) is 12.2 Å². The first kappa shape index (κ1) is 26.0. The molecule has 1 aromatic carbocycles. The lowest BCUT2D eigenvalue weighted by atomic mass is 9.73. The van der Waals surface area contributed by atoms with E-state index in [1.54, 1.807) is 0 Å². The molecule has 0 spiro atoms. The number of carbonyl (C=O) groups excluding carboxylic acids is 4. The predicted octanol–water partition coefficient (Wildman–Crippen LogP) is 2.18. The van der Waals surface area contributed by atoms with Crippen LogP contribution in [0.15, 0.2) is 18.2 Å². The molecule has 0 aromatic heterocycles. The molecule has 0 bridgehead atoms.